The van der Waals surface area contributed by atoms with Crippen molar-refractivity contribution >= 4 is 55.2 Å². The fraction of sp³-hybridized carbons (Fsp3) is 0. The summed E-state index contributed by atoms with van der Waals surface area (Å²) >= 11 is 0. The molecule has 0 aliphatic heterocycles. The molecule has 0 fully saturated rings. The molecule has 0 atom stereocenters. The maximum absolute atomic E-state index is 4.57. The molecule has 3 aromatic heterocycles. The third-order valence-electron chi connectivity index (χ3n) is 9.98. The van der Waals surface area contributed by atoms with Gasteiger partial charge in [-0.05, 0) is 82.9 Å². The minimum absolute atomic E-state index is 0.964. The average Bonchev–Trinajstić information content (AvgIpc) is 3.72. The molecule has 0 amide bonds. The molecular formula is C47H31N3. The van der Waals surface area contributed by atoms with E-state index in [-0.39, 0.29) is 0 Å². The standard InChI is InChI=1S/C47H31N3/c1-2-10-32(11-3-1)33-19-24-37(25-20-33)49(38-26-21-34(22-27-38)44-17-6-7-29-48-44)39-13-8-12-35(30-39)36-23-28-41-43-16-9-15-42-40-14-4-5-18-45(40)50(47(42)43)46(41)31-36/h1-31H. The first kappa shape index (κ1) is 28.3. The van der Waals surface area contributed by atoms with E-state index in [2.05, 4.69) is 184 Å². The van der Waals surface area contributed by atoms with Crippen molar-refractivity contribution in [3.63, 3.8) is 0 Å². The second-order valence-corrected chi connectivity index (χ2v) is 12.8. The first-order chi connectivity index (χ1) is 24.8. The van der Waals surface area contributed by atoms with Crippen molar-refractivity contribution in [1.82, 2.24) is 9.38 Å². The Bertz CT molecular complexity index is 2700. The highest BCUT2D eigenvalue weighted by molar-refractivity contribution is 6.23. The summed E-state index contributed by atoms with van der Waals surface area (Å²) in [7, 11) is 0. The van der Waals surface area contributed by atoms with Crippen LogP contribution in [0.25, 0.3) is 71.6 Å². The molecule has 10 aromatic rings. The maximum Gasteiger partial charge on any atom is 0.0701 e. The lowest BCUT2D eigenvalue weighted by molar-refractivity contribution is 1.28. The van der Waals surface area contributed by atoms with E-state index in [4.69, 9.17) is 0 Å². The zero-order chi connectivity index (χ0) is 33.0. The lowest BCUT2D eigenvalue weighted by Crippen LogP contribution is -2.10. The van der Waals surface area contributed by atoms with Gasteiger partial charge in [0.2, 0.25) is 0 Å². The molecule has 0 aliphatic rings. The van der Waals surface area contributed by atoms with Gasteiger partial charge in [0.15, 0.2) is 0 Å². The number of nitrogens with zero attached hydrogens (tertiary/aromatic N) is 3. The minimum atomic E-state index is 0.964. The van der Waals surface area contributed by atoms with Crippen LogP contribution in [-0.2, 0) is 0 Å². The molecule has 0 bridgehead atoms. The highest BCUT2D eigenvalue weighted by atomic mass is 15.1. The molecule has 3 heterocycles. The Hall–Kier alpha value is -6.71. The van der Waals surface area contributed by atoms with Crippen molar-refractivity contribution in [3.05, 3.63) is 188 Å². The molecule has 0 aliphatic carbocycles. The van der Waals surface area contributed by atoms with Crippen molar-refractivity contribution < 1.29 is 0 Å². The van der Waals surface area contributed by atoms with Gasteiger partial charge in [-0.25, -0.2) is 0 Å². The molecule has 3 nitrogen and oxygen atoms in total. The summed E-state index contributed by atoms with van der Waals surface area (Å²) in [5.41, 5.74) is 13.9. The highest BCUT2D eigenvalue weighted by Crippen LogP contribution is 2.42. The number of hydrogen-bond acceptors (Lipinski definition) is 2. The van der Waals surface area contributed by atoms with Crippen LogP contribution in [0.3, 0.4) is 0 Å². The molecule has 0 saturated heterocycles. The average molecular weight is 638 g/mol. The van der Waals surface area contributed by atoms with Crippen LogP contribution < -0.4 is 4.90 Å². The number of fused-ring (bicyclic) bond motifs is 6. The Balaban J connectivity index is 1.10. The van der Waals surface area contributed by atoms with Crippen molar-refractivity contribution in [2.75, 3.05) is 4.90 Å². The van der Waals surface area contributed by atoms with Crippen LogP contribution in [0.1, 0.15) is 0 Å². The zero-order valence-corrected chi connectivity index (χ0v) is 27.2. The van der Waals surface area contributed by atoms with Crippen LogP contribution in [0, 0.1) is 0 Å². The number of benzene rings is 7. The zero-order valence-electron chi connectivity index (χ0n) is 27.2. The lowest BCUT2D eigenvalue weighted by atomic mass is 10.0. The minimum Gasteiger partial charge on any atom is -0.310 e. The van der Waals surface area contributed by atoms with Gasteiger partial charge >= 0.3 is 0 Å². The predicted molar refractivity (Wildman–Crippen MR) is 210 cm³/mol. The van der Waals surface area contributed by atoms with E-state index in [9.17, 15) is 0 Å². The monoisotopic (exact) mass is 637 g/mol. The Morgan fingerprint density at radius 1 is 0.360 bits per heavy atom. The van der Waals surface area contributed by atoms with Crippen molar-refractivity contribution in [3.8, 4) is 33.5 Å². The van der Waals surface area contributed by atoms with Gasteiger partial charge in [-0.2, -0.15) is 0 Å². The number of aromatic nitrogens is 2. The normalized spacial score (nSPS) is 11.6. The summed E-state index contributed by atoms with van der Waals surface area (Å²) in [5.74, 6) is 0. The number of rotatable bonds is 6. The molecule has 7 aromatic carbocycles. The summed E-state index contributed by atoms with van der Waals surface area (Å²) in [5, 5.41) is 5.18. The fourth-order valence-corrected chi connectivity index (χ4v) is 7.63. The van der Waals surface area contributed by atoms with E-state index in [0.717, 1.165) is 28.3 Å². The van der Waals surface area contributed by atoms with E-state index >= 15 is 0 Å². The van der Waals surface area contributed by atoms with Gasteiger partial charge < -0.3 is 9.30 Å². The third kappa shape index (κ3) is 4.56. The van der Waals surface area contributed by atoms with Crippen LogP contribution in [0.2, 0.25) is 0 Å². The quantitative estimate of drug-likeness (QED) is 0.181. The molecule has 0 N–H and O–H groups in total. The molecule has 0 saturated carbocycles. The van der Waals surface area contributed by atoms with Gasteiger partial charge in [0.1, 0.15) is 0 Å². The third-order valence-corrected chi connectivity index (χ3v) is 9.98. The van der Waals surface area contributed by atoms with E-state index in [1.165, 1.54) is 60.3 Å². The topological polar surface area (TPSA) is 20.5 Å². The number of anilines is 3. The molecule has 0 unspecified atom stereocenters. The smallest absolute Gasteiger partial charge is 0.0701 e. The van der Waals surface area contributed by atoms with Crippen LogP contribution in [0.15, 0.2) is 188 Å². The van der Waals surface area contributed by atoms with Crippen LogP contribution in [0.5, 0.6) is 0 Å². The molecule has 234 valence electrons. The number of pyridine rings is 1. The Labute approximate surface area is 290 Å². The van der Waals surface area contributed by atoms with E-state index in [1.807, 2.05) is 18.3 Å². The first-order valence-corrected chi connectivity index (χ1v) is 17.0. The second kappa shape index (κ2) is 11.5. The van der Waals surface area contributed by atoms with Gasteiger partial charge in [-0.15, -0.1) is 0 Å². The van der Waals surface area contributed by atoms with E-state index in [1.54, 1.807) is 0 Å². The SMILES string of the molecule is c1ccc(-c2ccc(N(c3ccc(-c4ccccn4)cc3)c3cccc(-c4ccc5c6cccc7c8ccccc8n(c5c4)c76)c3)cc2)cc1. The predicted octanol–water partition coefficient (Wildman–Crippen LogP) is 12.7. The number of para-hydroxylation sites is 2. The van der Waals surface area contributed by atoms with E-state index in [0.29, 0.717) is 0 Å². The first-order valence-electron chi connectivity index (χ1n) is 17.0. The van der Waals surface area contributed by atoms with E-state index < -0.39 is 0 Å². The maximum atomic E-state index is 4.57. The van der Waals surface area contributed by atoms with Gasteiger partial charge in [-0.1, -0.05) is 121 Å². The Morgan fingerprint density at radius 2 is 0.940 bits per heavy atom. The summed E-state index contributed by atoms with van der Waals surface area (Å²) in [6.45, 7) is 0. The van der Waals surface area contributed by atoms with Crippen LogP contribution in [-0.4, -0.2) is 9.38 Å². The van der Waals surface area contributed by atoms with Gasteiger partial charge in [0.25, 0.3) is 0 Å². The largest absolute Gasteiger partial charge is 0.310 e. The van der Waals surface area contributed by atoms with Crippen molar-refractivity contribution in [2.45, 2.75) is 0 Å². The van der Waals surface area contributed by atoms with Gasteiger partial charge in [-0.3, -0.25) is 4.98 Å². The highest BCUT2D eigenvalue weighted by Gasteiger charge is 2.18. The Kier molecular flexibility index (Phi) is 6.49. The summed E-state index contributed by atoms with van der Waals surface area (Å²) in [4.78, 5) is 6.91. The fourth-order valence-electron chi connectivity index (χ4n) is 7.63. The molecule has 3 heteroatoms. The summed E-state index contributed by atoms with van der Waals surface area (Å²) < 4.78 is 2.45. The van der Waals surface area contributed by atoms with Crippen LogP contribution in [0.4, 0.5) is 17.1 Å². The molecule has 0 spiro atoms. The number of hydrogen-bond donors (Lipinski definition) is 0. The molecule has 50 heavy (non-hydrogen) atoms. The summed E-state index contributed by atoms with van der Waals surface area (Å²) in [6.07, 6.45) is 1.84. The van der Waals surface area contributed by atoms with Crippen LogP contribution >= 0.6 is 0 Å². The van der Waals surface area contributed by atoms with Gasteiger partial charge in [0, 0.05) is 50.4 Å². The molecular weight excluding hydrogens is 607 g/mol. The summed E-state index contributed by atoms with van der Waals surface area (Å²) in [6, 6.07) is 65.4. The van der Waals surface area contributed by atoms with Crippen molar-refractivity contribution in [2.24, 2.45) is 0 Å². The van der Waals surface area contributed by atoms with Gasteiger partial charge in [0.05, 0.1) is 22.2 Å². The molecule has 0 radical (unpaired) electrons. The lowest BCUT2D eigenvalue weighted by Gasteiger charge is -2.26. The second-order valence-electron chi connectivity index (χ2n) is 12.8. The Morgan fingerprint density at radius 3 is 1.70 bits per heavy atom. The van der Waals surface area contributed by atoms with Crippen molar-refractivity contribution in [1.29, 1.82) is 0 Å². The molecule has 10 rings (SSSR count).